The van der Waals surface area contributed by atoms with Crippen molar-refractivity contribution in [3.8, 4) is 5.75 Å². The highest BCUT2D eigenvalue weighted by Gasteiger charge is 2.27. The number of carbonyl (C=O) groups excluding carboxylic acids is 2. The van der Waals surface area contributed by atoms with Crippen LogP contribution in [0.1, 0.15) is 37.3 Å². The molecule has 0 fully saturated rings. The van der Waals surface area contributed by atoms with Gasteiger partial charge in [-0.1, -0.05) is 74.5 Å². The average Bonchev–Trinajstić information content (AvgIpc) is 2.80. The standard InChI is InChI=1S/C27H28N2O3/c1-19(2)17-29-24-15-22(13-14-25(24)32-18-27(29)31)28-26(30)16-23(20-9-5-3-6-10-20)21-11-7-4-8-12-21/h3-15,19,23H,16-18H2,1-2H3,(H,28,30). The molecule has 5 heteroatoms. The number of amides is 2. The summed E-state index contributed by atoms with van der Waals surface area (Å²) in [5.74, 6) is 0.789. The number of benzene rings is 3. The Morgan fingerprint density at radius 3 is 2.19 bits per heavy atom. The molecule has 5 nitrogen and oxygen atoms in total. The molecule has 2 amide bonds. The lowest BCUT2D eigenvalue weighted by molar-refractivity contribution is -0.121. The number of ether oxygens (including phenoxy) is 1. The molecule has 0 atom stereocenters. The molecule has 1 N–H and O–H groups in total. The van der Waals surface area contributed by atoms with Gasteiger partial charge < -0.3 is 15.0 Å². The van der Waals surface area contributed by atoms with Crippen molar-refractivity contribution >= 4 is 23.2 Å². The van der Waals surface area contributed by atoms with E-state index in [2.05, 4.69) is 43.4 Å². The van der Waals surface area contributed by atoms with Gasteiger partial charge in [0, 0.05) is 24.6 Å². The van der Waals surface area contributed by atoms with E-state index in [4.69, 9.17) is 4.74 Å². The maximum Gasteiger partial charge on any atom is 0.265 e. The predicted octanol–water partition coefficient (Wildman–Crippen LogP) is 5.23. The van der Waals surface area contributed by atoms with Crippen LogP contribution in [-0.4, -0.2) is 25.0 Å². The van der Waals surface area contributed by atoms with Crippen molar-refractivity contribution in [1.82, 2.24) is 0 Å². The Balaban J connectivity index is 1.54. The van der Waals surface area contributed by atoms with E-state index in [-0.39, 0.29) is 24.3 Å². The SMILES string of the molecule is CC(C)CN1C(=O)COc2ccc(NC(=O)CC(c3ccccc3)c3ccccc3)cc21. The summed E-state index contributed by atoms with van der Waals surface area (Å²) < 4.78 is 5.58. The maximum atomic E-state index is 13.0. The van der Waals surface area contributed by atoms with Crippen LogP contribution in [0.2, 0.25) is 0 Å². The molecule has 0 spiro atoms. The van der Waals surface area contributed by atoms with Crippen LogP contribution in [0.15, 0.2) is 78.9 Å². The molecule has 1 heterocycles. The maximum absolute atomic E-state index is 13.0. The largest absolute Gasteiger partial charge is 0.482 e. The molecule has 0 radical (unpaired) electrons. The number of anilines is 2. The highest BCUT2D eigenvalue weighted by atomic mass is 16.5. The van der Waals surface area contributed by atoms with E-state index < -0.39 is 0 Å². The summed E-state index contributed by atoms with van der Waals surface area (Å²) in [5.41, 5.74) is 3.55. The van der Waals surface area contributed by atoms with E-state index in [1.165, 1.54) is 0 Å². The van der Waals surface area contributed by atoms with Crippen LogP contribution < -0.4 is 15.0 Å². The van der Waals surface area contributed by atoms with Gasteiger partial charge in [0.2, 0.25) is 5.91 Å². The minimum atomic E-state index is -0.0823. The Bertz CT molecular complexity index is 1040. The number of nitrogens with zero attached hydrogens (tertiary/aromatic N) is 1. The van der Waals surface area contributed by atoms with Crippen molar-refractivity contribution in [2.75, 3.05) is 23.4 Å². The van der Waals surface area contributed by atoms with Crippen LogP contribution in [0.5, 0.6) is 5.75 Å². The van der Waals surface area contributed by atoms with Crippen molar-refractivity contribution < 1.29 is 14.3 Å². The molecule has 4 rings (SSSR count). The Kier molecular flexibility index (Phi) is 6.55. The summed E-state index contributed by atoms with van der Waals surface area (Å²) >= 11 is 0. The third-order valence-corrected chi connectivity index (χ3v) is 5.53. The van der Waals surface area contributed by atoms with Crippen LogP contribution in [0.4, 0.5) is 11.4 Å². The van der Waals surface area contributed by atoms with Gasteiger partial charge in [-0.05, 0) is 35.2 Å². The summed E-state index contributed by atoms with van der Waals surface area (Å²) in [6, 6.07) is 25.6. The summed E-state index contributed by atoms with van der Waals surface area (Å²) in [6.07, 6.45) is 0.316. The van der Waals surface area contributed by atoms with Gasteiger partial charge in [-0.25, -0.2) is 0 Å². The Morgan fingerprint density at radius 1 is 0.969 bits per heavy atom. The molecule has 0 bridgehead atoms. The van der Waals surface area contributed by atoms with Gasteiger partial charge in [0.1, 0.15) is 5.75 Å². The Labute approximate surface area is 189 Å². The second-order valence-electron chi connectivity index (χ2n) is 8.50. The fraction of sp³-hybridized carbons (Fsp3) is 0.259. The number of hydrogen-bond donors (Lipinski definition) is 1. The third-order valence-electron chi connectivity index (χ3n) is 5.53. The molecule has 0 saturated carbocycles. The van der Waals surface area contributed by atoms with Gasteiger partial charge in [0.25, 0.3) is 5.91 Å². The van der Waals surface area contributed by atoms with E-state index in [0.717, 1.165) is 11.1 Å². The van der Waals surface area contributed by atoms with Gasteiger partial charge in [-0.3, -0.25) is 9.59 Å². The zero-order valence-corrected chi connectivity index (χ0v) is 18.5. The van der Waals surface area contributed by atoms with E-state index in [9.17, 15) is 9.59 Å². The van der Waals surface area contributed by atoms with E-state index in [1.807, 2.05) is 54.6 Å². The molecule has 3 aromatic carbocycles. The van der Waals surface area contributed by atoms with Crippen molar-refractivity contribution in [3.63, 3.8) is 0 Å². The summed E-state index contributed by atoms with van der Waals surface area (Å²) in [7, 11) is 0. The second-order valence-corrected chi connectivity index (χ2v) is 8.50. The average molecular weight is 429 g/mol. The fourth-order valence-corrected chi connectivity index (χ4v) is 4.04. The Morgan fingerprint density at radius 2 is 1.59 bits per heavy atom. The molecule has 1 aliphatic heterocycles. The molecular formula is C27H28N2O3. The molecule has 32 heavy (non-hydrogen) atoms. The first-order valence-corrected chi connectivity index (χ1v) is 11.0. The zero-order chi connectivity index (χ0) is 22.5. The number of hydrogen-bond acceptors (Lipinski definition) is 3. The zero-order valence-electron chi connectivity index (χ0n) is 18.5. The first-order chi connectivity index (χ1) is 15.5. The van der Waals surface area contributed by atoms with Crippen LogP contribution in [-0.2, 0) is 9.59 Å². The molecule has 0 aliphatic carbocycles. The van der Waals surface area contributed by atoms with Gasteiger partial charge in [-0.2, -0.15) is 0 Å². The monoisotopic (exact) mass is 428 g/mol. The van der Waals surface area contributed by atoms with E-state index in [0.29, 0.717) is 36.0 Å². The minimum Gasteiger partial charge on any atom is -0.482 e. The lowest BCUT2D eigenvalue weighted by Gasteiger charge is -2.31. The molecule has 164 valence electrons. The lowest BCUT2D eigenvalue weighted by atomic mass is 9.88. The number of carbonyl (C=O) groups is 2. The van der Waals surface area contributed by atoms with Crippen LogP contribution in [0.25, 0.3) is 0 Å². The summed E-state index contributed by atoms with van der Waals surface area (Å²) in [6.45, 7) is 4.79. The van der Waals surface area contributed by atoms with Gasteiger partial charge in [0.15, 0.2) is 6.61 Å². The van der Waals surface area contributed by atoms with Crippen LogP contribution >= 0.6 is 0 Å². The smallest absolute Gasteiger partial charge is 0.265 e. The molecule has 0 aromatic heterocycles. The van der Waals surface area contributed by atoms with Crippen molar-refractivity contribution in [2.45, 2.75) is 26.2 Å². The molecule has 3 aromatic rings. The third kappa shape index (κ3) is 4.99. The summed E-state index contributed by atoms with van der Waals surface area (Å²) in [4.78, 5) is 27.2. The van der Waals surface area contributed by atoms with Crippen molar-refractivity contribution in [2.24, 2.45) is 5.92 Å². The van der Waals surface area contributed by atoms with Gasteiger partial charge >= 0.3 is 0 Å². The van der Waals surface area contributed by atoms with Crippen molar-refractivity contribution in [3.05, 3.63) is 90.0 Å². The van der Waals surface area contributed by atoms with Crippen LogP contribution in [0.3, 0.4) is 0 Å². The van der Waals surface area contributed by atoms with Gasteiger partial charge in [-0.15, -0.1) is 0 Å². The van der Waals surface area contributed by atoms with Gasteiger partial charge in [0.05, 0.1) is 5.69 Å². The van der Waals surface area contributed by atoms with E-state index in [1.54, 1.807) is 4.90 Å². The molecule has 1 aliphatic rings. The quantitative estimate of drug-likeness (QED) is 0.561. The summed E-state index contributed by atoms with van der Waals surface area (Å²) in [5, 5.41) is 3.02. The minimum absolute atomic E-state index is 0.0429. The highest BCUT2D eigenvalue weighted by molar-refractivity contribution is 5.99. The highest BCUT2D eigenvalue weighted by Crippen LogP contribution is 2.35. The predicted molar refractivity (Wildman–Crippen MR) is 127 cm³/mol. The number of fused-ring (bicyclic) bond motifs is 1. The fourth-order valence-electron chi connectivity index (χ4n) is 4.04. The first-order valence-electron chi connectivity index (χ1n) is 11.0. The number of nitrogens with one attached hydrogen (secondary N) is 1. The van der Waals surface area contributed by atoms with Crippen molar-refractivity contribution in [1.29, 1.82) is 0 Å². The lowest BCUT2D eigenvalue weighted by Crippen LogP contribution is -2.41. The van der Waals surface area contributed by atoms with E-state index >= 15 is 0 Å². The molecule has 0 unspecified atom stereocenters. The molecule has 0 saturated heterocycles. The normalized spacial score (nSPS) is 13.1. The second kappa shape index (κ2) is 9.69. The molecular weight excluding hydrogens is 400 g/mol. The Hall–Kier alpha value is -3.60. The first kappa shape index (κ1) is 21.6. The van der Waals surface area contributed by atoms with Crippen LogP contribution in [0, 0.1) is 5.92 Å². The number of rotatable bonds is 7. The topological polar surface area (TPSA) is 58.6 Å².